The molecule has 0 saturated carbocycles. The molecule has 0 spiro atoms. The van der Waals surface area contributed by atoms with Crippen molar-refractivity contribution in [3.05, 3.63) is 75.8 Å². The van der Waals surface area contributed by atoms with Gasteiger partial charge >= 0.3 is 0 Å². The molecule has 1 amide bonds. The normalized spacial score (nSPS) is 15.6. The first kappa shape index (κ1) is 19.6. The second-order valence-electron chi connectivity index (χ2n) is 7.54. The molecule has 0 saturated heterocycles. The third-order valence-electron chi connectivity index (χ3n) is 5.20. The van der Waals surface area contributed by atoms with Gasteiger partial charge in [0.05, 0.1) is 17.1 Å². The molecule has 0 fully saturated rings. The fraction of sp³-hybridized carbons (Fsp3) is 0.304. The van der Waals surface area contributed by atoms with E-state index in [-0.39, 0.29) is 12.5 Å². The number of ether oxygens (including phenoxy) is 1. The lowest BCUT2D eigenvalue weighted by molar-refractivity contribution is -0.929. The van der Waals surface area contributed by atoms with Gasteiger partial charge in [-0.15, -0.1) is 0 Å². The fourth-order valence-electron chi connectivity index (χ4n) is 3.74. The van der Waals surface area contributed by atoms with Gasteiger partial charge in [-0.3, -0.25) is 10.1 Å². The Morgan fingerprint density at radius 1 is 1.14 bits per heavy atom. The molecule has 2 heterocycles. The summed E-state index contributed by atoms with van der Waals surface area (Å²) in [4.78, 5) is 19.8. The molecule has 4 rings (SSSR count). The molecule has 0 bridgehead atoms. The van der Waals surface area contributed by atoms with Gasteiger partial charge in [0, 0.05) is 12.0 Å². The molecule has 1 unspecified atom stereocenters. The number of carbonyl (C=O) groups excluding carboxylic acids is 1. The molecule has 150 valence electrons. The summed E-state index contributed by atoms with van der Waals surface area (Å²) in [5.41, 5.74) is 4.54. The third-order valence-corrected chi connectivity index (χ3v) is 6.22. The van der Waals surface area contributed by atoms with Crippen LogP contribution < -0.4 is 15.0 Å². The van der Waals surface area contributed by atoms with Crippen LogP contribution in [0.4, 0.5) is 5.13 Å². The van der Waals surface area contributed by atoms with E-state index in [1.54, 1.807) is 11.3 Å². The molecular formula is C23H26N3O2S+. The summed E-state index contributed by atoms with van der Waals surface area (Å²) in [7, 11) is 0. The van der Waals surface area contributed by atoms with Gasteiger partial charge in [0.1, 0.15) is 18.8 Å². The van der Waals surface area contributed by atoms with E-state index in [9.17, 15) is 4.79 Å². The van der Waals surface area contributed by atoms with E-state index in [2.05, 4.69) is 40.6 Å². The Bertz CT molecular complexity index is 980. The van der Waals surface area contributed by atoms with Crippen molar-refractivity contribution in [3.63, 3.8) is 0 Å². The van der Waals surface area contributed by atoms with Crippen molar-refractivity contribution in [2.24, 2.45) is 0 Å². The SMILES string of the molecule is Cc1cccc(C)c1OCC(=O)Nc1nc2c(s1)C[NH+](Cc1ccccc1)CC2. The van der Waals surface area contributed by atoms with Gasteiger partial charge in [-0.25, -0.2) is 4.98 Å². The van der Waals surface area contributed by atoms with Crippen molar-refractivity contribution in [1.29, 1.82) is 0 Å². The van der Waals surface area contributed by atoms with E-state index >= 15 is 0 Å². The van der Waals surface area contributed by atoms with Gasteiger partial charge in [0.15, 0.2) is 11.7 Å². The van der Waals surface area contributed by atoms with Crippen molar-refractivity contribution < 1.29 is 14.4 Å². The minimum absolute atomic E-state index is 0.0126. The van der Waals surface area contributed by atoms with Crippen LogP contribution in [0.3, 0.4) is 0 Å². The van der Waals surface area contributed by atoms with Gasteiger partial charge in [-0.05, 0) is 25.0 Å². The number of anilines is 1. The molecule has 6 heteroatoms. The topological polar surface area (TPSA) is 55.7 Å². The van der Waals surface area contributed by atoms with Crippen LogP contribution in [0.5, 0.6) is 5.75 Å². The number of nitrogens with zero attached hydrogens (tertiary/aromatic N) is 1. The zero-order valence-corrected chi connectivity index (χ0v) is 17.6. The van der Waals surface area contributed by atoms with Crippen molar-refractivity contribution in [2.75, 3.05) is 18.5 Å². The highest BCUT2D eigenvalue weighted by Crippen LogP contribution is 2.25. The van der Waals surface area contributed by atoms with Crippen LogP contribution in [-0.2, 0) is 24.3 Å². The third kappa shape index (κ3) is 4.83. The minimum Gasteiger partial charge on any atom is -0.483 e. The maximum Gasteiger partial charge on any atom is 0.264 e. The predicted molar refractivity (Wildman–Crippen MR) is 116 cm³/mol. The first-order valence-corrected chi connectivity index (χ1v) is 10.7. The van der Waals surface area contributed by atoms with Gasteiger partial charge in [-0.1, -0.05) is 59.9 Å². The number of hydrogen-bond donors (Lipinski definition) is 2. The van der Waals surface area contributed by atoms with E-state index in [0.717, 1.165) is 48.6 Å². The van der Waals surface area contributed by atoms with Gasteiger partial charge in [0.25, 0.3) is 5.91 Å². The summed E-state index contributed by atoms with van der Waals surface area (Å²) in [6, 6.07) is 16.5. The molecule has 1 aliphatic heterocycles. The molecule has 0 aliphatic carbocycles. The number of thiazole rings is 1. The Morgan fingerprint density at radius 2 is 1.90 bits per heavy atom. The maximum atomic E-state index is 12.4. The van der Waals surface area contributed by atoms with Crippen molar-refractivity contribution in [3.8, 4) is 5.75 Å². The average Bonchev–Trinajstić information content (AvgIpc) is 3.10. The van der Waals surface area contributed by atoms with Crippen molar-refractivity contribution >= 4 is 22.4 Å². The Balaban J connectivity index is 1.34. The first-order valence-electron chi connectivity index (χ1n) is 9.93. The number of carbonyl (C=O) groups is 1. The number of para-hydroxylation sites is 1. The van der Waals surface area contributed by atoms with E-state index in [0.29, 0.717) is 5.13 Å². The van der Waals surface area contributed by atoms with E-state index in [1.165, 1.54) is 15.3 Å². The monoisotopic (exact) mass is 408 g/mol. The Labute approximate surface area is 175 Å². The number of rotatable bonds is 6. The smallest absolute Gasteiger partial charge is 0.264 e. The summed E-state index contributed by atoms with van der Waals surface area (Å²) in [5.74, 6) is 0.605. The van der Waals surface area contributed by atoms with Crippen LogP contribution >= 0.6 is 11.3 Å². The standard InChI is InChI=1S/C23H25N3O2S/c1-16-7-6-8-17(2)22(16)28-15-21(27)25-23-24-19-11-12-26(14-20(19)29-23)13-18-9-4-3-5-10-18/h3-10H,11-15H2,1-2H3,(H,24,25,27)/p+1. The zero-order valence-electron chi connectivity index (χ0n) is 16.8. The Hall–Kier alpha value is -2.70. The van der Waals surface area contributed by atoms with Crippen molar-refractivity contribution in [1.82, 2.24) is 4.98 Å². The maximum absolute atomic E-state index is 12.4. The molecule has 1 atom stereocenters. The van der Waals surface area contributed by atoms with E-state index in [1.807, 2.05) is 32.0 Å². The van der Waals surface area contributed by atoms with E-state index < -0.39 is 0 Å². The number of quaternary nitrogens is 1. The molecule has 1 aliphatic rings. The van der Waals surface area contributed by atoms with Crippen LogP contribution in [0.25, 0.3) is 0 Å². The van der Waals surface area contributed by atoms with Gasteiger partial charge < -0.3 is 9.64 Å². The molecular weight excluding hydrogens is 382 g/mol. The summed E-state index contributed by atoms with van der Waals surface area (Å²) in [6.07, 6.45) is 0.947. The lowest BCUT2D eigenvalue weighted by Gasteiger charge is -2.22. The van der Waals surface area contributed by atoms with Crippen molar-refractivity contribution in [2.45, 2.75) is 33.4 Å². The molecule has 29 heavy (non-hydrogen) atoms. The summed E-state index contributed by atoms with van der Waals surface area (Å²) in [5, 5.41) is 3.58. The largest absolute Gasteiger partial charge is 0.483 e. The predicted octanol–water partition coefficient (Wildman–Crippen LogP) is 2.92. The highest BCUT2D eigenvalue weighted by atomic mass is 32.1. The average molecular weight is 409 g/mol. The highest BCUT2D eigenvalue weighted by molar-refractivity contribution is 7.15. The summed E-state index contributed by atoms with van der Waals surface area (Å²) < 4.78 is 5.75. The summed E-state index contributed by atoms with van der Waals surface area (Å²) in [6.45, 7) is 6.99. The Morgan fingerprint density at radius 3 is 2.66 bits per heavy atom. The Kier molecular flexibility index (Phi) is 5.92. The number of aromatic nitrogens is 1. The molecule has 0 radical (unpaired) electrons. The number of aryl methyl sites for hydroxylation is 2. The van der Waals surface area contributed by atoms with Crippen LogP contribution in [0.15, 0.2) is 48.5 Å². The summed E-state index contributed by atoms with van der Waals surface area (Å²) >= 11 is 1.59. The molecule has 2 aromatic carbocycles. The zero-order chi connectivity index (χ0) is 20.2. The van der Waals surface area contributed by atoms with Crippen LogP contribution in [0, 0.1) is 13.8 Å². The van der Waals surface area contributed by atoms with Crippen LogP contribution in [0.2, 0.25) is 0 Å². The molecule has 5 nitrogen and oxygen atoms in total. The van der Waals surface area contributed by atoms with Crippen LogP contribution in [0.1, 0.15) is 27.3 Å². The number of amides is 1. The molecule has 1 aromatic heterocycles. The van der Waals surface area contributed by atoms with Gasteiger partial charge in [-0.2, -0.15) is 0 Å². The molecule has 3 aromatic rings. The second-order valence-corrected chi connectivity index (χ2v) is 8.62. The van der Waals surface area contributed by atoms with E-state index in [4.69, 9.17) is 4.74 Å². The quantitative estimate of drug-likeness (QED) is 0.659. The lowest BCUT2D eigenvalue weighted by Crippen LogP contribution is -3.10. The van der Waals surface area contributed by atoms with Gasteiger partial charge in [0.2, 0.25) is 0 Å². The number of hydrogen-bond acceptors (Lipinski definition) is 4. The minimum atomic E-state index is -0.174. The number of benzene rings is 2. The number of nitrogens with one attached hydrogen (secondary N) is 2. The first-order chi connectivity index (χ1) is 14.1. The second kappa shape index (κ2) is 8.76. The lowest BCUT2D eigenvalue weighted by atomic mass is 10.1. The molecule has 2 N–H and O–H groups in total. The number of fused-ring (bicyclic) bond motifs is 1. The van der Waals surface area contributed by atoms with Crippen LogP contribution in [-0.4, -0.2) is 24.0 Å². The highest BCUT2D eigenvalue weighted by Gasteiger charge is 2.24. The fourth-order valence-corrected chi connectivity index (χ4v) is 4.83.